The van der Waals surface area contributed by atoms with E-state index in [0.29, 0.717) is 46.3 Å². The van der Waals surface area contributed by atoms with E-state index in [1.54, 1.807) is 0 Å². The Morgan fingerprint density at radius 1 is 0.611 bits per heavy atom. The number of aryl methyl sites for hydroxylation is 2. The maximum atomic E-state index is 12.6. The molecule has 194 valence electrons. The lowest BCUT2D eigenvalue weighted by Crippen LogP contribution is -2.14. The quantitative estimate of drug-likeness (QED) is 0.109. The van der Waals surface area contributed by atoms with E-state index < -0.39 is 12.3 Å². The van der Waals surface area contributed by atoms with Crippen molar-refractivity contribution in [3.8, 4) is 11.5 Å². The molecular formula is C30H38O6. The molecule has 3 aromatic carbocycles. The molecule has 6 heteroatoms. The van der Waals surface area contributed by atoms with Gasteiger partial charge in [0, 0.05) is 21.5 Å². The molecule has 3 aromatic rings. The van der Waals surface area contributed by atoms with E-state index in [9.17, 15) is 9.59 Å². The zero-order chi connectivity index (χ0) is 25.9. The van der Waals surface area contributed by atoms with Gasteiger partial charge in [-0.1, -0.05) is 77.6 Å². The Kier molecular flexibility index (Phi) is 10.4. The van der Waals surface area contributed by atoms with Crippen LogP contribution in [0.1, 0.15) is 77.3 Å². The first-order valence-corrected chi connectivity index (χ1v) is 13.2. The number of rotatable bonds is 12. The summed E-state index contributed by atoms with van der Waals surface area (Å²) in [5.41, 5.74) is 2.30. The van der Waals surface area contributed by atoms with Crippen LogP contribution < -0.4 is 9.47 Å². The summed E-state index contributed by atoms with van der Waals surface area (Å²) in [7, 11) is 0. The van der Waals surface area contributed by atoms with Gasteiger partial charge in [0.25, 0.3) is 0 Å². The summed E-state index contributed by atoms with van der Waals surface area (Å²) in [6.07, 6.45) is 5.80. The maximum Gasteiger partial charge on any atom is 0.513 e. The highest BCUT2D eigenvalue weighted by molar-refractivity contribution is 6.12. The molecule has 6 nitrogen and oxygen atoms in total. The van der Waals surface area contributed by atoms with Gasteiger partial charge in [0.05, 0.1) is 13.2 Å². The van der Waals surface area contributed by atoms with Crippen LogP contribution in [0.15, 0.2) is 36.4 Å². The molecule has 0 unspecified atom stereocenters. The minimum absolute atomic E-state index is 0.313. The van der Waals surface area contributed by atoms with Crippen LogP contribution in [0, 0.1) is 0 Å². The van der Waals surface area contributed by atoms with E-state index in [2.05, 4.69) is 27.7 Å². The van der Waals surface area contributed by atoms with Crippen LogP contribution in [-0.2, 0) is 22.3 Å². The molecule has 0 aliphatic heterocycles. The number of fused-ring (bicyclic) bond motifs is 2. The van der Waals surface area contributed by atoms with Gasteiger partial charge in [-0.2, -0.15) is 0 Å². The first kappa shape index (κ1) is 27.3. The molecule has 36 heavy (non-hydrogen) atoms. The summed E-state index contributed by atoms with van der Waals surface area (Å²) in [6, 6.07) is 11.5. The molecule has 0 heterocycles. The van der Waals surface area contributed by atoms with Crippen LogP contribution in [0.3, 0.4) is 0 Å². The van der Waals surface area contributed by atoms with Crippen LogP contribution in [0.2, 0.25) is 0 Å². The van der Waals surface area contributed by atoms with E-state index in [1.165, 1.54) is 0 Å². The van der Waals surface area contributed by atoms with Gasteiger partial charge in [0.1, 0.15) is 11.5 Å². The van der Waals surface area contributed by atoms with Crippen molar-refractivity contribution >= 4 is 33.9 Å². The fourth-order valence-electron chi connectivity index (χ4n) is 4.35. The average Bonchev–Trinajstić information content (AvgIpc) is 2.90. The molecule has 0 saturated carbocycles. The minimum atomic E-state index is -0.737. The molecule has 0 amide bonds. The summed E-state index contributed by atoms with van der Waals surface area (Å²) >= 11 is 0. The van der Waals surface area contributed by atoms with Gasteiger partial charge in [-0.25, -0.2) is 9.59 Å². The van der Waals surface area contributed by atoms with Crippen molar-refractivity contribution in [2.24, 2.45) is 0 Å². The van der Waals surface area contributed by atoms with E-state index in [0.717, 1.165) is 62.5 Å². The molecule has 0 bridgehead atoms. The van der Waals surface area contributed by atoms with Gasteiger partial charge in [0.15, 0.2) is 0 Å². The second-order valence-corrected chi connectivity index (χ2v) is 8.89. The predicted octanol–water partition coefficient (Wildman–Crippen LogP) is 8.53. The summed E-state index contributed by atoms with van der Waals surface area (Å²) < 4.78 is 22.3. The SMILES string of the molecule is CCCCCOC(=O)Oc1c2ccccc2c(OC(=O)OCCCCC)c2cc(CC)c(CC)cc12. The van der Waals surface area contributed by atoms with Crippen LogP contribution in [-0.4, -0.2) is 25.5 Å². The van der Waals surface area contributed by atoms with Crippen molar-refractivity contribution in [3.05, 3.63) is 47.5 Å². The summed E-state index contributed by atoms with van der Waals surface area (Å²) in [5.74, 6) is 0.809. The summed E-state index contributed by atoms with van der Waals surface area (Å²) in [4.78, 5) is 25.2. The lowest BCUT2D eigenvalue weighted by molar-refractivity contribution is 0.0966. The number of unbranched alkanes of at least 4 members (excludes halogenated alkanes) is 4. The second kappa shape index (κ2) is 13.7. The van der Waals surface area contributed by atoms with Gasteiger partial charge in [-0.15, -0.1) is 0 Å². The standard InChI is InChI=1S/C30H38O6/c1-5-9-13-17-33-29(31)35-27-23-15-11-12-16-24(23)28(36-30(32)34-18-14-10-6-2)26-20-22(8-4)21(7-3)19-25(26)27/h11-12,15-16,19-20H,5-10,13-14,17-18H2,1-4H3. The number of hydrogen-bond acceptors (Lipinski definition) is 6. The molecule has 0 fully saturated rings. The largest absolute Gasteiger partial charge is 0.513 e. The number of ether oxygens (including phenoxy) is 4. The molecule has 0 atom stereocenters. The third kappa shape index (κ3) is 6.68. The number of hydrogen-bond donors (Lipinski definition) is 0. The second-order valence-electron chi connectivity index (χ2n) is 8.89. The highest BCUT2D eigenvalue weighted by Crippen LogP contribution is 2.44. The highest BCUT2D eigenvalue weighted by Gasteiger charge is 2.22. The average molecular weight is 495 g/mol. The number of carbonyl (C=O) groups excluding carboxylic acids is 2. The Labute approximate surface area is 213 Å². The molecule has 3 rings (SSSR count). The normalized spacial score (nSPS) is 11.0. The number of benzene rings is 3. The topological polar surface area (TPSA) is 71.1 Å². The molecule has 0 spiro atoms. The van der Waals surface area contributed by atoms with Crippen LogP contribution in [0.25, 0.3) is 21.5 Å². The molecule has 0 N–H and O–H groups in total. The molecule has 0 aromatic heterocycles. The van der Waals surface area contributed by atoms with Crippen LogP contribution in [0.5, 0.6) is 11.5 Å². The Morgan fingerprint density at radius 3 is 1.39 bits per heavy atom. The van der Waals surface area contributed by atoms with Crippen LogP contribution >= 0.6 is 0 Å². The zero-order valence-corrected chi connectivity index (χ0v) is 22.0. The molecule has 0 aliphatic carbocycles. The number of carbonyl (C=O) groups is 2. The van der Waals surface area contributed by atoms with Crippen molar-refractivity contribution in [3.63, 3.8) is 0 Å². The Bertz CT molecular complexity index is 1090. The van der Waals surface area contributed by atoms with Crippen molar-refractivity contribution in [1.82, 2.24) is 0 Å². The fourth-order valence-corrected chi connectivity index (χ4v) is 4.35. The van der Waals surface area contributed by atoms with Crippen molar-refractivity contribution in [2.45, 2.75) is 79.1 Å². The zero-order valence-electron chi connectivity index (χ0n) is 22.0. The smallest absolute Gasteiger partial charge is 0.434 e. The fraction of sp³-hybridized carbons (Fsp3) is 0.467. The summed E-state index contributed by atoms with van der Waals surface area (Å²) in [5, 5.41) is 2.72. The lowest BCUT2D eigenvalue weighted by Gasteiger charge is -2.18. The Hall–Kier alpha value is -3.28. The molecule has 0 radical (unpaired) electrons. The van der Waals surface area contributed by atoms with E-state index in [4.69, 9.17) is 18.9 Å². The Balaban J connectivity index is 2.09. The van der Waals surface area contributed by atoms with Gasteiger partial charge in [-0.3, -0.25) is 0 Å². The lowest BCUT2D eigenvalue weighted by atomic mass is 9.94. The van der Waals surface area contributed by atoms with Crippen molar-refractivity contribution < 1.29 is 28.5 Å². The van der Waals surface area contributed by atoms with E-state index in [1.807, 2.05) is 36.4 Å². The third-order valence-corrected chi connectivity index (χ3v) is 6.31. The van der Waals surface area contributed by atoms with Crippen LogP contribution in [0.4, 0.5) is 9.59 Å². The minimum Gasteiger partial charge on any atom is -0.434 e. The van der Waals surface area contributed by atoms with E-state index >= 15 is 0 Å². The maximum absolute atomic E-state index is 12.6. The predicted molar refractivity (Wildman–Crippen MR) is 143 cm³/mol. The third-order valence-electron chi connectivity index (χ3n) is 6.31. The first-order valence-electron chi connectivity index (χ1n) is 13.2. The van der Waals surface area contributed by atoms with E-state index in [-0.39, 0.29) is 0 Å². The molecular weight excluding hydrogens is 456 g/mol. The van der Waals surface area contributed by atoms with Crippen molar-refractivity contribution in [1.29, 1.82) is 0 Å². The monoisotopic (exact) mass is 494 g/mol. The Morgan fingerprint density at radius 2 is 1.03 bits per heavy atom. The van der Waals surface area contributed by atoms with Gasteiger partial charge in [0.2, 0.25) is 0 Å². The van der Waals surface area contributed by atoms with Crippen molar-refractivity contribution in [2.75, 3.05) is 13.2 Å². The van der Waals surface area contributed by atoms with Gasteiger partial charge >= 0.3 is 12.3 Å². The highest BCUT2D eigenvalue weighted by atomic mass is 16.7. The molecule has 0 aliphatic rings. The first-order chi connectivity index (χ1) is 17.5. The van der Waals surface area contributed by atoms with Gasteiger partial charge < -0.3 is 18.9 Å². The van der Waals surface area contributed by atoms with Gasteiger partial charge in [-0.05, 0) is 48.9 Å². The molecule has 0 saturated heterocycles. The summed E-state index contributed by atoms with van der Waals surface area (Å²) in [6.45, 7) is 9.00.